The van der Waals surface area contributed by atoms with Gasteiger partial charge in [0.15, 0.2) is 17.3 Å². The summed E-state index contributed by atoms with van der Waals surface area (Å²) >= 11 is 6.25. The standard InChI is InChI=1S/C22H22ClNO4/c1-3-28-20-13-15(12-18(23)22(20)27-2)9-10-19(25)16-6-4-7-17(14-16)24-11-5-8-21(24)26/h4,6-7,9-10,12-14H,3,5,8,11H2,1-2H3. The van der Waals surface area contributed by atoms with Gasteiger partial charge in [-0.15, -0.1) is 0 Å². The van der Waals surface area contributed by atoms with Crippen LogP contribution in [0.25, 0.3) is 6.08 Å². The molecule has 0 bridgehead atoms. The number of methoxy groups -OCH3 is 1. The van der Waals surface area contributed by atoms with Crippen LogP contribution in [-0.2, 0) is 4.79 Å². The number of allylic oxidation sites excluding steroid dienone is 1. The summed E-state index contributed by atoms with van der Waals surface area (Å²) in [7, 11) is 1.53. The fourth-order valence-electron chi connectivity index (χ4n) is 3.16. The molecule has 1 fully saturated rings. The first-order valence-electron chi connectivity index (χ1n) is 9.16. The number of rotatable bonds is 7. The second-order valence-electron chi connectivity index (χ2n) is 6.36. The Kier molecular flexibility index (Phi) is 6.37. The highest BCUT2D eigenvalue weighted by atomic mass is 35.5. The van der Waals surface area contributed by atoms with Crippen LogP contribution in [0.3, 0.4) is 0 Å². The van der Waals surface area contributed by atoms with E-state index < -0.39 is 0 Å². The second kappa shape index (κ2) is 8.93. The topological polar surface area (TPSA) is 55.8 Å². The van der Waals surface area contributed by atoms with Crippen molar-refractivity contribution in [3.8, 4) is 11.5 Å². The molecule has 1 aliphatic rings. The third-order valence-corrected chi connectivity index (χ3v) is 4.76. The van der Waals surface area contributed by atoms with Crippen molar-refractivity contribution >= 4 is 35.1 Å². The second-order valence-corrected chi connectivity index (χ2v) is 6.77. The molecule has 1 aliphatic heterocycles. The Bertz CT molecular complexity index is 923. The first-order valence-corrected chi connectivity index (χ1v) is 9.54. The molecule has 0 saturated carbocycles. The molecule has 5 nitrogen and oxygen atoms in total. The van der Waals surface area contributed by atoms with Crippen molar-refractivity contribution in [1.29, 1.82) is 0 Å². The van der Waals surface area contributed by atoms with Crippen LogP contribution in [0.1, 0.15) is 35.7 Å². The molecular weight excluding hydrogens is 378 g/mol. The molecule has 0 aromatic heterocycles. The quantitative estimate of drug-likeness (QED) is 0.497. The summed E-state index contributed by atoms with van der Waals surface area (Å²) < 4.78 is 10.8. The number of benzene rings is 2. The highest BCUT2D eigenvalue weighted by Gasteiger charge is 2.22. The van der Waals surface area contributed by atoms with E-state index in [4.69, 9.17) is 21.1 Å². The van der Waals surface area contributed by atoms with Gasteiger partial charge in [0.1, 0.15) is 0 Å². The Morgan fingerprint density at radius 3 is 2.79 bits per heavy atom. The fourth-order valence-corrected chi connectivity index (χ4v) is 3.46. The Morgan fingerprint density at radius 2 is 2.11 bits per heavy atom. The number of nitrogens with zero attached hydrogens (tertiary/aromatic N) is 1. The van der Waals surface area contributed by atoms with Gasteiger partial charge < -0.3 is 14.4 Å². The number of hydrogen-bond acceptors (Lipinski definition) is 4. The van der Waals surface area contributed by atoms with Gasteiger partial charge in [-0.2, -0.15) is 0 Å². The van der Waals surface area contributed by atoms with Crippen molar-refractivity contribution < 1.29 is 19.1 Å². The van der Waals surface area contributed by atoms with Crippen LogP contribution in [0.15, 0.2) is 42.5 Å². The van der Waals surface area contributed by atoms with Crippen molar-refractivity contribution in [3.63, 3.8) is 0 Å². The van der Waals surface area contributed by atoms with E-state index in [2.05, 4.69) is 0 Å². The zero-order valence-corrected chi connectivity index (χ0v) is 16.7. The van der Waals surface area contributed by atoms with Crippen molar-refractivity contribution in [3.05, 3.63) is 58.6 Å². The molecule has 3 rings (SSSR count). The molecule has 1 heterocycles. The molecule has 0 spiro atoms. The summed E-state index contributed by atoms with van der Waals surface area (Å²) in [6, 6.07) is 10.6. The Hall–Kier alpha value is -2.79. The smallest absolute Gasteiger partial charge is 0.227 e. The van der Waals surface area contributed by atoms with Gasteiger partial charge in [-0.1, -0.05) is 29.8 Å². The van der Waals surface area contributed by atoms with Crippen molar-refractivity contribution in [1.82, 2.24) is 0 Å². The van der Waals surface area contributed by atoms with Gasteiger partial charge in [0.05, 0.1) is 18.7 Å². The fraction of sp³-hybridized carbons (Fsp3) is 0.273. The molecule has 28 heavy (non-hydrogen) atoms. The maximum Gasteiger partial charge on any atom is 0.227 e. The van der Waals surface area contributed by atoms with Crippen LogP contribution >= 0.6 is 11.6 Å². The number of amides is 1. The average molecular weight is 400 g/mol. The predicted molar refractivity (Wildman–Crippen MR) is 111 cm³/mol. The number of ether oxygens (including phenoxy) is 2. The maximum atomic E-state index is 12.6. The first kappa shape index (κ1) is 20.0. The van der Waals surface area contributed by atoms with Gasteiger partial charge in [0, 0.05) is 24.2 Å². The molecule has 146 valence electrons. The molecule has 2 aromatic rings. The average Bonchev–Trinajstić information content (AvgIpc) is 3.12. The van der Waals surface area contributed by atoms with Crippen molar-refractivity contribution in [2.24, 2.45) is 0 Å². The van der Waals surface area contributed by atoms with Gasteiger partial charge in [0.2, 0.25) is 5.91 Å². The molecule has 1 amide bonds. The van der Waals surface area contributed by atoms with Gasteiger partial charge in [-0.3, -0.25) is 9.59 Å². The van der Waals surface area contributed by atoms with E-state index in [-0.39, 0.29) is 11.7 Å². The number of halogens is 1. The number of anilines is 1. The van der Waals surface area contributed by atoms with E-state index in [0.717, 1.165) is 17.7 Å². The highest BCUT2D eigenvalue weighted by Crippen LogP contribution is 2.36. The van der Waals surface area contributed by atoms with Gasteiger partial charge >= 0.3 is 0 Å². The van der Waals surface area contributed by atoms with Crippen molar-refractivity contribution in [2.75, 3.05) is 25.2 Å². The molecule has 0 radical (unpaired) electrons. The first-order chi connectivity index (χ1) is 13.5. The minimum absolute atomic E-state index is 0.0940. The summed E-state index contributed by atoms with van der Waals surface area (Å²) in [6.45, 7) is 3.04. The van der Waals surface area contributed by atoms with Crippen LogP contribution in [0.2, 0.25) is 5.02 Å². The van der Waals surface area contributed by atoms with Crippen LogP contribution < -0.4 is 14.4 Å². The van der Waals surface area contributed by atoms with Gasteiger partial charge in [0.25, 0.3) is 0 Å². The zero-order chi connectivity index (χ0) is 20.1. The predicted octanol–water partition coefficient (Wildman–Crippen LogP) is 4.77. The van der Waals surface area contributed by atoms with E-state index in [0.29, 0.717) is 41.7 Å². The minimum Gasteiger partial charge on any atom is -0.491 e. The minimum atomic E-state index is -0.154. The Morgan fingerprint density at radius 1 is 1.29 bits per heavy atom. The third kappa shape index (κ3) is 4.37. The summed E-state index contributed by atoms with van der Waals surface area (Å²) in [5.41, 5.74) is 2.01. The van der Waals surface area contributed by atoms with E-state index in [9.17, 15) is 9.59 Å². The van der Waals surface area contributed by atoms with E-state index in [1.165, 1.54) is 13.2 Å². The summed E-state index contributed by atoms with van der Waals surface area (Å²) in [5.74, 6) is 0.934. The Labute approximate surface area is 169 Å². The van der Waals surface area contributed by atoms with Crippen LogP contribution in [0.4, 0.5) is 5.69 Å². The largest absolute Gasteiger partial charge is 0.491 e. The van der Waals surface area contributed by atoms with Gasteiger partial charge in [-0.05, 0) is 49.2 Å². The number of carbonyl (C=O) groups is 2. The maximum absolute atomic E-state index is 12.6. The lowest BCUT2D eigenvalue weighted by molar-refractivity contribution is -0.117. The normalized spacial score (nSPS) is 14.0. The number of hydrogen-bond donors (Lipinski definition) is 0. The Balaban J connectivity index is 1.81. The molecule has 2 aromatic carbocycles. The van der Waals surface area contributed by atoms with Crippen LogP contribution in [0.5, 0.6) is 11.5 Å². The van der Waals surface area contributed by atoms with E-state index in [1.54, 1.807) is 41.3 Å². The molecule has 0 N–H and O–H groups in total. The summed E-state index contributed by atoms with van der Waals surface area (Å²) in [6.07, 6.45) is 4.57. The number of ketones is 1. The third-order valence-electron chi connectivity index (χ3n) is 4.48. The summed E-state index contributed by atoms with van der Waals surface area (Å²) in [5, 5.41) is 0.412. The van der Waals surface area contributed by atoms with Gasteiger partial charge in [-0.25, -0.2) is 0 Å². The van der Waals surface area contributed by atoms with E-state index >= 15 is 0 Å². The molecule has 0 atom stereocenters. The lowest BCUT2D eigenvalue weighted by atomic mass is 10.1. The lowest BCUT2D eigenvalue weighted by Crippen LogP contribution is -2.23. The van der Waals surface area contributed by atoms with Crippen molar-refractivity contribution in [2.45, 2.75) is 19.8 Å². The number of carbonyl (C=O) groups excluding carboxylic acids is 2. The molecule has 0 unspecified atom stereocenters. The highest BCUT2D eigenvalue weighted by molar-refractivity contribution is 6.32. The molecule has 1 saturated heterocycles. The molecular formula is C22H22ClNO4. The molecule has 0 aliphatic carbocycles. The zero-order valence-electron chi connectivity index (χ0n) is 15.9. The SMILES string of the molecule is CCOc1cc(C=CC(=O)c2cccc(N3CCCC3=O)c2)cc(Cl)c1OC. The molecule has 6 heteroatoms. The van der Waals surface area contributed by atoms with Crippen LogP contribution in [0, 0.1) is 0 Å². The lowest BCUT2D eigenvalue weighted by Gasteiger charge is -2.16. The summed E-state index contributed by atoms with van der Waals surface area (Å²) in [4.78, 5) is 26.3. The monoisotopic (exact) mass is 399 g/mol. The van der Waals surface area contributed by atoms with Crippen LogP contribution in [-0.4, -0.2) is 32.0 Å². The van der Waals surface area contributed by atoms with E-state index in [1.807, 2.05) is 13.0 Å².